The SMILES string of the molecule is CCN(Cc1ccccc1)C(=O)CNC(=NC)NC1CCC(SC)C1. The lowest BCUT2D eigenvalue weighted by atomic mass is 10.2. The molecule has 2 atom stereocenters. The molecular weight excluding hydrogens is 332 g/mol. The van der Waals surface area contributed by atoms with Crippen LogP contribution in [0.25, 0.3) is 0 Å². The van der Waals surface area contributed by atoms with Crippen molar-refractivity contribution in [2.45, 2.75) is 44.0 Å². The monoisotopic (exact) mass is 362 g/mol. The van der Waals surface area contributed by atoms with E-state index in [0.29, 0.717) is 19.1 Å². The number of carbonyl (C=O) groups is 1. The normalized spacial score (nSPS) is 20.4. The molecule has 5 nitrogen and oxygen atoms in total. The van der Waals surface area contributed by atoms with Crippen LogP contribution in [-0.2, 0) is 11.3 Å². The molecule has 0 spiro atoms. The largest absolute Gasteiger partial charge is 0.354 e. The standard InChI is InChI=1S/C19H30N4OS/c1-4-23(14-15-8-6-5-7-9-15)18(24)13-21-19(20-2)22-16-10-11-17(12-16)25-3/h5-9,16-17H,4,10-14H2,1-3H3,(H2,20,21,22). The molecule has 1 aliphatic carbocycles. The van der Waals surface area contributed by atoms with Crippen LogP contribution in [0, 0.1) is 0 Å². The molecule has 1 aliphatic rings. The first-order valence-corrected chi connectivity index (χ1v) is 10.3. The van der Waals surface area contributed by atoms with Crippen molar-refractivity contribution in [3.8, 4) is 0 Å². The van der Waals surface area contributed by atoms with Gasteiger partial charge in [-0.05, 0) is 38.0 Å². The Balaban J connectivity index is 1.80. The summed E-state index contributed by atoms with van der Waals surface area (Å²) in [5, 5.41) is 7.35. The van der Waals surface area contributed by atoms with E-state index in [-0.39, 0.29) is 12.5 Å². The van der Waals surface area contributed by atoms with Crippen LogP contribution in [-0.4, -0.2) is 54.5 Å². The van der Waals surface area contributed by atoms with E-state index in [1.54, 1.807) is 7.05 Å². The lowest BCUT2D eigenvalue weighted by Gasteiger charge is -2.23. The average Bonchev–Trinajstić information content (AvgIpc) is 3.11. The maximum Gasteiger partial charge on any atom is 0.242 e. The topological polar surface area (TPSA) is 56.7 Å². The second-order valence-corrected chi connectivity index (χ2v) is 7.47. The van der Waals surface area contributed by atoms with Gasteiger partial charge in [-0.3, -0.25) is 9.79 Å². The summed E-state index contributed by atoms with van der Waals surface area (Å²) in [6.45, 7) is 3.61. The van der Waals surface area contributed by atoms with E-state index in [1.165, 1.54) is 6.42 Å². The van der Waals surface area contributed by atoms with E-state index in [0.717, 1.165) is 29.6 Å². The number of aliphatic imine (C=N–C) groups is 1. The summed E-state index contributed by atoms with van der Waals surface area (Å²) < 4.78 is 0. The van der Waals surface area contributed by atoms with E-state index < -0.39 is 0 Å². The summed E-state index contributed by atoms with van der Waals surface area (Å²) in [4.78, 5) is 18.6. The zero-order valence-corrected chi connectivity index (χ0v) is 16.3. The van der Waals surface area contributed by atoms with E-state index in [9.17, 15) is 4.79 Å². The Labute approximate surface area is 155 Å². The minimum atomic E-state index is 0.0858. The summed E-state index contributed by atoms with van der Waals surface area (Å²) in [6, 6.07) is 10.5. The van der Waals surface area contributed by atoms with Crippen molar-refractivity contribution in [3.05, 3.63) is 35.9 Å². The average molecular weight is 363 g/mol. The Kier molecular flexibility index (Phi) is 8.12. The minimum absolute atomic E-state index is 0.0858. The molecule has 0 aliphatic heterocycles. The first-order chi connectivity index (χ1) is 12.2. The van der Waals surface area contributed by atoms with Crippen molar-refractivity contribution in [2.75, 3.05) is 26.4 Å². The second kappa shape index (κ2) is 10.3. The molecule has 0 aromatic heterocycles. The minimum Gasteiger partial charge on any atom is -0.354 e. The molecule has 2 N–H and O–H groups in total. The van der Waals surface area contributed by atoms with Crippen molar-refractivity contribution in [1.29, 1.82) is 0 Å². The smallest absolute Gasteiger partial charge is 0.242 e. The zero-order chi connectivity index (χ0) is 18.1. The summed E-state index contributed by atoms with van der Waals surface area (Å²) in [6.07, 6.45) is 5.74. The van der Waals surface area contributed by atoms with Gasteiger partial charge in [0.2, 0.25) is 5.91 Å². The van der Waals surface area contributed by atoms with E-state index in [1.807, 2.05) is 53.9 Å². The van der Waals surface area contributed by atoms with Gasteiger partial charge in [0.05, 0.1) is 6.54 Å². The number of carbonyl (C=O) groups excluding carboxylic acids is 1. The number of hydrogen-bond acceptors (Lipinski definition) is 3. The van der Waals surface area contributed by atoms with Gasteiger partial charge in [0, 0.05) is 31.4 Å². The third-order valence-corrected chi connectivity index (χ3v) is 5.73. The number of nitrogens with one attached hydrogen (secondary N) is 2. The number of benzene rings is 1. The highest BCUT2D eigenvalue weighted by Gasteiger charge is 2.24. The molecule has 1 saturated carbocycles. The molecule has 6 heteroatoms. The summed E-state index contributed by atoms with van der Waals surface area (Å²) in [7, 11) is 1.75. The van der Waals surface area contributed by atoms with Gasteiger partial charge in [0.1, 0.15) is 0 Å². The van der Waals surface area contributed by atoms with Crippen molar-refractivity contribution in [1.82, 2.24) is 15.5 Å². The zero-order valence-electron chi connectivity index (χ0n) is 15.5. The Morgan fingerprint density at radius 2 is 2.08 bits per heavy atom. The third kappa shape index (κ3) is 6.27. The van der Waals surface area contributed by atoms with Crippen molar-refractivity contribution >= 4 is 23.6 Å². The van der Waals surface area contributed by atoms with Crippen LogP contribution < -0.4 is 10.6 Å². The molecule has 1 aromatic rings. The van der Waals surface area contributed by atoms with Crippen molar-refractivity contribution < 1.29 is 4.79 Å². The van der Waals surface area contributed by atoms with E-state index >= 15 is 0 Å². The van der Waals surface area contributed by atoms with Crippen LogP contribution >= 0.6 is 11.8 Å². The molecule has 1 amide bonds. The quantitative estimate of drug-likeness (QED) is 0.578. The molecule has 2 rings (SSSR count). The van der Waals surface area contributed by atoms with Gasteiger partial charge in [0.15, 0.2) is 5.96 Å². The van der Waals surface area contributed by atoms with Gasteiger partial charge >= 0.3 is 0 Å². The molecule has 2 unspecified atom stereocenters. The van der Waals surface area contributed by atoms with Crippen molar-refractivity contribution in [2.24, 2.45) is 4.99 Å². The van der Waals surface area contributed by atoms with Crippen molar-refractivity contribution in [3.63, 3.8) is 0 Å². The third-order valence-electron chi connectivity index (χ3n) is 4.64. The Hall–Kier alpha value is -1.69. The number of likely N-dealkylation sites (N-methyl/N-ethyl adjacent to an activating group) is 1. The van der Waals surface area contributed by atoms with E-state index in [4.69, 9.17) is 0 Å². The number of rotatable bonds is 7. The molecule has 0 saturated heterocycles. The molecule has 1 aromatic carbocycles. The first kappa shape index (κ1) is 19.6. The maximum atomic E-state index is 12.5. The highest BCUT2D eigenvalue weighted by molar-refractivity contribution is 7.99. The molecule has 0 radical (unpaired) electrons. The summed E-state index contributed by atoms with van der Waals surface area (Å²) in [5.41, 5.74) is 1.15. The van der Waals surface area contributed by atoms with Gasteiger partial charge in [0.25, 0.3) is 0 Å². The number of thioether (sulfide) groups is 1. The van der Waals surface area contributed by atoms with Gasteiger partial charge in [-0.15, -0.1) is 0 Å². The van der Waals surface area contributed by atoms with Crippen LogP contribution in [0.4, 0.5) is 0 Å². The molecular formula is C19H30N4OS. The molecule has 25 heavy (non-hydrogen) atoms. The highest BCUT2D eigenvalue weighted by atomic mass is 32.2. The number of guanidine groups is 1. The van der Waals surface area contributed by atoms with Gasteiger partial charge in [-0.25, -0.2) is 0 Å². The fourth-order valence-electron chi connectivity index (χ4n) is 3.12. The molecule has 1 fully saturated rings. The van der Waals surface area contributed by atoms with Crippen LogP contribution in [0.2, 0.25) is 0 Å². The van der Waals surface area contributed by atoms with Crippen LogP contribution in [0.5, 0.6) is 0 Å². The predicted molar refractivity (Wildman–Crippen MR) is 107 cm³/mol. The van der Waals surface area contributed by atoms with Crippen LogP contribution in [0.3, 0.4) is 0 Å². The van der Waals surface area contributed by atoms with E-state index in [2.05, 4.69) is 21.9 Å². The lowest BCUT2D eigenvalue weighted by Crippen LogP contribution is -2.47. The lowest BCUT2D eigenvalue weighted by molar-refractivity contribution is -0.130. The fraction of sp³-hybridized carbons (Fsp3) is 0.579. The van der Waals surface area contributed by atoms with Gasteiger partial charge in [-0.1, -0.05) is 30.3 Å². The first-order valence-electron chi connectivity index (χ1n) is 8.98. The number of hydrogen-bond donors (Lipinski definition) is 2. The highest BCUT2D eigenvalue weighted by Crippen LogP contribution is 2.27. The Morgan fingerprint density at radius 1 is 1.32 bits per heavy atom. The van der Waals surface area contributed by atoms with Crippen LogP contribution in [0.15, 0.2) is 35.3 Å². The summed E-state index contributed by atoms with van der Waals surface area (Å²) in [5.74, 6) is 0.804. The maximum absolute atomic E-state index is 12.5. The van der Waals surface area contributed by atoms with Gasteiger partial charge < -0.3 is 15.5 Å². The predicted octanol–water partition coefficient (Wildman–Crippen LogP) is 2.48. The Bertz CT molecular complexity index is 564. The fourth-order valence-corrected chi connectivity index (χ4v) is 3.92. The van der Waals surface area contributed by atoms with Crippen LogP contribution in [0.1, 0.15) is 31.7 Å². The molecule has 0 bridgehead atoms. The Morgan fingerprint density at radius 3 is 2.68 bits per heavy atom. The molecule has 0 heterocycles. The second-order valence-electron chi connectivity index (χ2n) is 6.33. The number of nitrogens with zero attached hydrogens (tertiary/aromatic N) is 2. The van der Waals surface area contributed by atoms with Gasteiger partial charge in [-0.2, -0.15) is 11.8 Å². The molecule has 138 valence electrons. The summed E-state index contributed by atoms with van der Waals surface area (Å²) >= 11 is 1.94. The number of amides is 1.